The normalized spacial score (nSPS) is 10.9. The number of nitrogens with two attached hydrogens (primary N) is 1. The van der Waals surface area contributed by atoms with Gasteiger partial charge in [-0.05, 0) is 12.1 Å². The molecule has 0 bridgehead atoms. The Balaban J connectivity index is 2.18. The topological polar surface area (TPSA) is 78.1 Å². The standard InChI is InChI=1S/C10H7N3O2/c11-10-13-8(4-14-10)6-1-2-7-9(3-6)15-5-12-7/h1-5H,(H2,11,13). The fraction of sp³-hybridized carbons (Fsp3) is 0. The van der Waals surface area contributed by atoms with Gasteiger partial charge in [0.05, 0.1) is 0 Å². The highest BCUT2D eigenvalue weighted by Crippen LogP contribution is 2.23. The third kappa shape index (κ3) is 1.25. The summed E-state index contributed by atoms with van der Waals surface area (Å²) >= 11 is 0. The van der Waals surface area contributed by atoms with Crippen molar-refractivity contribution >= 4 is 17.1 Å². The van der Waals surface area contributed by atoms with E-state index in [9.17, 15) is 0 Å². The van der Waals surface area contributed by atoms with Crippen molar-refractivity contribution in [3.05, 3.63) is 30.9 Å². The molecule has 3 aromatic rings. The van der Waals surface area contributed by atoms with E-state index in [4.69, 9.17) is 14.6 Å². The summed E-state index contributed by atoms with van der Waals surface area (Å²) in [6, 6.07) is 5.75. The van der Waals surface area contributed by atoms with Crippen LogP contribution in [0, 0.1) is 0 Å². The zero-order valence-electron chi connectivity index (χ0n) is 7.68. The van der Waals surface area contributed by atoms with Crippen molar-refractivity contribution < 1.29 is 8.83 Å². The van der Waals surface area contributed by atoms with E-state index in [-0.39, 0.29) is 6.01 Å². The molecule has 5 nitrogen and oxygen atoms in total. The first kappa shape index (κ1) is 8.05. The second-order valence-electron chi connectivity index (χ2n) is 3.11. The number of rotatable bonds is 1. The Kier molecular flexibility index (Phi) is 1.53. The van der Waals surface area contributed by atoms with Crippen molar-refractivity contribution in [1.82, 2.24) is 9.97 Å². The van der Waals surface area contributed by atoms with Gasteiger partial charge in [0, 0.05) is 5.56 Å². The quantitative estimate of drug-likeness (QED) is 0.651. The Morgan fingerprint density at radius 2 is 2.13 bits per heavy atom. The molecule has 0 amide bonds. The van der Waals surface area contributed by atoms with Gasteiger partial charge in [-0.15, -0.1) is 0 Å². The number of benzene rings is 1. The van der Waals surface area contributed by atoms with Crippen molar-refractivity contribution in [2.45, 2.75) is 0 Å². The van der Waals surface area contributed by atoms with Crippen LogP contribution in [0.15, 0.2) is 39.7 Å². The van der Waals surface area contributed by atoms with Crippen LogP contribution in [0.4, 0.5) is 6.01 Å². The molecular weight excluding hydrogens is 194 g/mol. The molecule has 2 heterocycles. The summed E-state index contributed by atoms with van der Waals surface area (Å²) in [5.41, 5.74) is 8.50. The molecule has 0 aliphatic carbocycles. The fourth-order valence-corrected chi connectivity index (χ4v) is 1.43. The maximum absolute atomic E-state index is 5.40. The minimum absolute atomic E-state index is 0.155. The molecule has 15 heavy (non-hydrogen) atoms. The Hall–Kier alpha value is -2.30. The molecule has 0 unspecified atom stereocenters. The van der Waals surface area contributed by atoms with Crippen molar-refractivity contribution in [3.63, 3.8) is 0 Å². The zero-order valence-corrected chi connectivity index (χ0v) is 7.68. The summed E-state index contributed by atoms with van der Waals surface area (Å²) in [5.74, 6) is 0. The highest BCUT2D eigenvalue weighted by molar-refractivity contribution is 5.78. The predicted octanol–water partition coefficient (Wildman–Crippen LogP) is 2.06. The van der Waals surface area contributed by atoms with Gasteiger partial charge in [0.25, 0.3) is 6.01 Å². The summed E-state index contributed by atoms with van der Waals surface area (Å²) in [6.07, 6.45) is 2.92. The van der Waals surface area contributed by atoms with Crippen LogP contribution in [0.25, 0.3) is 22.4 Å². The summed E-state index contributed by atoms with van der Waals surface area (Å²) in [4.78, 5) is 8.04. The highest BCUT2D eigenvalue weighted by Gasteiger charge is 2.06. The first-order valence-electron chi connectivity index (χ1n) is 4.37. The lowest BCUT2D eigenvalue weighted by molar-refractivity contribution is 0.581. The summed E-state index contributed by atoms with van der Waals surface area (Å²) in [5, 5.41) is 0. The van der Waals surface area contributed by atoms with Gasteiger partial charge < -0.3 is 14.6 Å². The minimum atomic E-state index is 0.155. The summed E-state index contributed by atoms with van der Waals surface area (Å²) in [7, 11) is 0. The van der Waals surface area contributed by atoms with E-state index in [0.717, 1.165) is 11.1 Å². The molecule has 74 valence electrons. The van der Waals surface area contributed by atoms with Crippen LogP contribution in [0.2, 0.25) is 0 Å². The number of oxazole rings is 2. The average Bonchev–Trinajstić information content (AvgIpc) is 2.84. The Morgan fingerprint density at radius 1 is 1.20 bits per heavy atom. The van der Waals surface area contributed by atoms with Crippen molar-refractivity contribution in [1.29, 1.82) is 0 Å². The van der Waals surface area contributed by atoms with Crippen LogP contribution < -0.4 is 5.73 Å². The number of hydrogen-bond donors (Lipinski definition) is 1. The van der Waals surface area contributed by atoms with E-state index >= 15 is 0 Å². The molecule has 0 saturated carbocycles. The van der Waals surface area contributed by atoms with Crippen molar-refractivity contribution in [2.24, 2.45) is 0 Å². The molecule has 2 N–H and O–H groups in total. The number of nitrogen functional groups attached to an aromatic ring is 1. The largest absolute Gasteiger partial charge is 0.443 e. The zero-order chi connectivity index (χ0) is 10.3. The van der Waals surface area contributed by atoms with E-state index in [1.165, 1.54) is 12.7 Å². The van der Waals surface area contributed by atoms with Gasteiger partial charge >= 0.3 is 0 Å². The number of anilines is 1. The van der Waals surface area contributed by atoms with Crippen LogP contribution in [-0.2, 0) is 0 Å². The number of aromatic nitrogens is 2. The molecule has 0 fully saturated rings. The summed E-state index contributed by atoms with van der Waals surface area (Å²) in [6.45, 7) is 0. The third-order valence-corrected chi connectivity index (χ3v) is 2.15. The Bertz CT molecular complexity index is 612. The van der Waals surface area contributed by atoms with Gasteiger partial charge in [0.1, 0.15) is 17.5 Å². The predicted molar refractivity (Wildman–Crippen MR) is 53.9 cm³/mol. The van der Waals surface area contributed by atoms with Gasteiger partial charge in [0.2, 0.25) is 0 Å². The van der Waals surface area contributed by atoms with Crippen LogP contribution >= 0.6 is 0 Å². The molecule has 0 saturated heterocycles. The van der Waals surface area contributed by atoms with Crippen molar-refractivity contribution in [3.8, 4) is 11.3 Å². The van der Waals surface area contributed by atoms with E-state index in [0.29, 0.717) is 11.3 Å². The van der Waals surface area contributed by atoms with Crippen LogP contribution in [0.1, 0.15) is 0 Å². The monoisotopic (exact) mass is 201 g/mol. The van der Waals surface area contributed by atoms with E-state index < -0.39 is 0 Å². The molecule has 0 atom stereocenters. The molecular formula is C10H7N3O2. The van der Waals surface area contributed by atoms with Gasteiger partial charge in [-0.25, -0.2) is 4.98 Å². The Morgan fingerprint density at radius 3 is 2.93 bits per heavy atom. The molecule has 2 aromatic heterocycles. The van der Waals surface area contributed by atoms with Crippen LogP contribution in [0.3, 0.4) is 0 Å². The molecule has 0 radical (unpaired) electrons. The van der Waals surface area contributed by atoms with Gasteiger partial charge in [-0.1, -0.05) is 6.07 Å². The second-order valence-corrected chi connectivity index (χ2v) is 3.11. The first-order chi connectivity index (χ1) is 7.33. The third-order valence-electron chi connectivity index (χ3n) is 2.15. The highest BCUT2D eigenvalue weighted by atomic mass is 16.4. The average molecular weight is 201 g/mol. The second kappa shape index (κ2) is 2.84. The van der Waals surface area contributed by atoms with Gasteiger partial charge in [0.15, 0.2) is 12.0 Å². The fourth-order valence-electron chi connectivity index (χ4n) is 1.43. The maximum Gasteiger partial charge on any atom is 0.292 e. The smallest absolute Gasteiger partial charge is 0.292 e. The van der Waals surface area contributed by atoms with E-state index in [2.05, 4.69) is 9.97 Å². The molecule has 0 spiro atoms. The van der Waals surface area contributed by atoms with Crippen LogP contribution in [0.5, 0.6) is 0 Å². The molecule has 0 aliphatic rings. The molecule has 0 aliphatic heterocycles. The minimum Gasteiger partial charge on any atom is -0.443 e. The SMILES string of the molecule is Nc1nc(-c2ccc3ncoc3c2)co1. The molecule has 1 aromatic carbocycles. The van der Waals surface area contributed by atoms with E-state index in [1.54, 1.807) is 0 Å². The lowest BCUT2D eigenvalue weighted by Gasteiger charge is -1.93. The number of fused-ring (bicyclic) bond motifs is 1. The maximum atomic E-state index is 5.40. The van der Waals surface area contributed by atoms with Crippen molar-refractivity contribution in [2.75, 3.05) is 5.73 Å². The van der Waals surface area contributed by atoms with Gasteiger partial charge in [-0.2, -0.15) is 4.98 Å². The number of hydrogen-bond acceptors (Lipinski definition) is 5. The Labute approximate surface area is 84.5 Å². The van der Waals surface area contributed by atoms with Crippen LogP contribution in [-0.4, -0.2) is 9.97 Å². The summed E-state index contributed by atoms with van der Waals surface area (Å²) < 4.78 is 10.1. The molecule has 3 rings (SSSR count). The lowest BCUT2D eigenvalue weighted by atomic mass is 10.1. The lowest BCUT2D eigenvalue weighted by Crippen LogP contribution is -1.83. The van der Waals surface area contributed by atoms with Gasteiger partial charge in [-0.3, -0.25) is 0 Å². The molecule has 5 heteroatoms. The number of nitrogens with zero attached hydrogens (tertiary/aromatic N) is 2. The van der Waals surface area contributed by atoms with E-state index in [1.807, 2.05) is 18.2 Å². The first-order valence-corrected chi connectivity index (χ1v) is 4.37.